The minimum Gasteiger partial charge on any atom is -0.480 e. The topological polar surface area (TPSA) is 340 Å². The normalized spacial score (nSPS) is 16.0. The van der Waals surface area contributed by atoms with Gasteiger partial charge in [0, 0.05) is 89.4 Å². The van der Waals surface area contributed by atoms with Crippen molar-refractivity contribution in [2.24, 2.45) is 5.92 Å². The van der Waals surface area contributed by atoms with Crippen LogP contribution in [-0.2, 0) is 44.9 Å². The van der Waals surface area contributed by atoms with E-state index in [-0.39, 0.29) is 129 Å². The lowest BCUT2D eigenvalue weighted by Gasteiger charge is -2.32. The van der Waals surface area contributed by atoms with Crippen LogP contribution in [0.5, 0.6) is 0 Å². The highest BCUT2D eigenvalue weighted by molar-refractivity contribution is 5.87. The number of carboxylic acids is 5. The van der Waals surface area contributed by atoms with Crippen molar-refractivity contribution < 1.29 is 73.8 Å². The largest absolute Gasteiger partial charge is 0.480 e. The van der Waals surface area contributed by atoms with Crippen LogP contribution in [-0.4, -0.2) is 224 Å². The maximum Gasteiger partial charge on any atom is 0.326 e. The number of benzene rings is 1. The Balaban J connectivity index is 1.59. The molecule has 24 heteroatoms. The van der Waals surface area contributed by atoms with E-state index in [1.807, 2.05) is 35.2 Å². The number of aliphatic hydroxyl groups excluding tert-OH is 1. The van der Waals surface area contributed by atoms with Crippen molar-refractivity contribution in [2.75, 3.05) is 98.2 Å². The molecule has 0 spiro atoms. The van der Waals surface area contributed by atoms with Crippen molar-refractivity contribution in [3.05, 3.63) is 42.2 Å². The molecule has 1 fully saturated rings. The first-order valence-corrected chi connectivity index (χ1v) is 22.5. The molecule has 1 saturated heterocycles. The molecule has 0 aliphatic carbocycles. The molecule has 2 aromatic rings. The van der Waals surface area contributed by atoms with Crippen LogP contribution in [0, 0.1) is 5.92 Å². The number of carboxylic acid groups (broad SMARTS) is 5. The SMILES string of the molecule is O=CC(CO)CC(NC(=O)N[C@@H](CCCCN(Cc1nccc2ccccc12)C(=O)CCCCNC(=O)CN1CCN(CC(=O)O)CCN(CC(=O)O)CCN(CC(=O)O)CC1)C(=O)O)C(=O)O. The molecular weight excluding hydrogens is 895 g/mol. The van der Waals surface area contributed by atoms with E-state index >= 15 is 0 Å². The summed E-state index contributed by atoms with van der Waals surface area (Å²) in [5, 5.41) is 65.9. The number of aromatic nitrogens is 1. The van der Waals surface area contributed by atoms with Crippen LogP contribution in [0.1, 0.15) is 50.6 Å². The first kappa shape index (κ1) is 56.0. The number of hydrogen-bond donors (Lipinski definition) is 9. The molecule has 4 amide bonds. The fourth-order valence-electron chi connectivity index (χ4n) is 7.58. The number of rotatable bonds is 28. The third-order valence-electron chi connectivity index (χ3n) is 11.3. The van der Waals surface area contributed by atoms with Gasteiger partial charge < -0.3 is 56.3 Å². The number of nitrogens with zero attached hydrogens (tertiary/aromatic N) is 6. The Bertz CT molecular complexity index is 1970. The molecule has 0 radical (unpaired) electrons. The lowest BCUT2D eigenvalue weighted by molar-refractivity contribution is -0.140. The maximum absolute atomic E-state index is 13.8. The number of aliphatic hydroxyl groups is 1. The van der Waals surface area contributed by atoms with Gasteiger partial charge in [-0.15, -0.1) is 0 Å². The summed E-state index contributed by atoms with van der Waals surface area (Å²) in [5.41, 5.74) is 0.649. The third-order valence-corrected chi connectivity index (χ3v) is 11.3. The molecule has 24 nitrogen and oxygen atoms in total. The van der Waals surface area contributed by atoms with Gasteiger partial charge in [-0.05, 0) is 50.0 Å². The predicted octanol–water partition coefficient (Wildman–Crippen LogP) is -1.10. The van der Waals surface area contributed by atoms with E-state index < -0.39 is 66.9 Å². The predicted molar refractivity (Wildman–Crippen MR) is 242 cm³/mol. The van der Waals surface area contributed by atoms with Crippen molar-refractivity contribution in [1.29, 1.82) is 0 Å². The second-order valence-electron chi connectivity index (χ2n) is 16.6. The van der Waals surface area contributed by atoms with Crippen LogP contribution in [0.4, 0.5) is 4.79 Å². The molecule has 0 saturated carbocycles. The summed E-state index contributed by atoms with van der Waals surface area (Å²) in [6.07, 6.45) is 3.07. The number of unbranched alkanes of at least 4 members (excludes halogenated alkanes) is 2. The van der Waals surface area contributed by atoms with Crippen LogP contribution in [0.2, 0.25) is 0 Å². The second kappa shape index (κ2) is 30.1. The van der Waals surface area contributed by atoms with E-state index in [0.29, 0.717) is 31.2 Å². The molecule has 9 N–H and O–H groups in total. The number of urea groups is 1. The fourth-order valence-corrected chi connectivity index (χ4v) is 7.58. The Morgan fingerprint density at radius 3 is 1.72 bits per heavy atom. The quantitative estimate of drug-likeness (QED) is 0.0361. The minimum atomic E-state index is -1.56. The molecule has 2 heterocycles. The Hall–Kier alpha value is -6.34. The number of aldehydes is 1. The average molecular weight is 960 g/mol. The van der Waals surface area contributed by atoms with Crippen molar-refractivity contribution in [3.8, 4) is 0 Å². The molecule has 1 aromatic heterocycles. The highest BCUT2D eigenvalue weighted by Crippen LogP contribution is 2.19. The van der Waals surface area contributed by atoms with Gasteiger partial charge in [-0.3, -0.25) is 48.6 Å². The van der Waals surface area contributed by atoms with Gasteiger partial charge in [-0.2, -0.15) is 0 Å². The van der Waals surface area contributed by atoms with E-state index in [4.69, 9.17) is 0 Å². The van der Waals surface area contributed by atoms with Crippen molar-refractivity contribution in [2.45, 2.75) is 63.6 Å². The second-order valence-corrected chi connectivity index (χ2v) is 16.6. The van der Waals surface area contributed by atoms with Crippen LogP contribution < -0.4 is 16.0 Å². The van der Waals surface area contributed by atoms with E-state index in [0.717, 1.165) is 10.8 Å². The van der Waals surface area contributed by atoms with Crippen LogP contribution in [0.25, 0.3) is 10.8 Å². The van der Waals surface area contributed by atoms with Gasteiger partial charge in [0.1, 0.15) is 18.4 Å². The highest BCUT2D eigenvalue weighted by Gasteiger charge is 2.27. The summed E-state index contributed by atoms with van der Waals surface area (Å²) in [4.78, 5) is 122. The van der Waals surface area contributed by atoms with Crippen LogP contribution in [0.3, 0.4) is 0 Å². The summed E-state index contributed by atoms with van der Waals surface area (Å²) in [7, 11) is 0. The van der Waals surface area contributed by atoms with Gasteiger partial charge in [0.05, 0.1) is 45.0 Å². The van der Waals surface area contributed by atoms with Crippen molar-refractivity contribution in [1.82, 2.24) is 45.4 Å². The van der Waals surface area contributed by atoms with Crippen molar-refractivity contribution in [3.63, 3.8) is 0 Å². The maximum atomic E-state index is 13.8. The molecule has 1 aliphatic heterocycles. The Morgan fingerprint density at radius 2 is 1.21 bits per heavy atom. The van der Waals surface area contributed by atoms with Gasteiger partial charge in [-0.25, -0.2) is 14.4 Å². The number of pyridine rings is 1. The smallest absolute Gasteiger partial charge is 0.326 e. The molecule has 0 bridgehead atoms. The standard InChI is InChI=1S/C44H65N9O15/c54-29-31(30-55)23-35(43(66)67)48-44(68)47-34(42(64)65)9-4-6-14-53(24-36-33-8-2-1-7-32(33)11-13-45-36)38(57)10-3-5-12-46-37(56)25-49-15-17-50(26-39(58)59)19-21-52(28-41(62)63)22-20-51(18-16-49)27-40(60)61/h1-2,7-8,11,13,29,31,34-35,55H,3-6,9-10,12,14-28,30H2,(H,46,56)(H,58,59)(H,60,61)(H,62,63)(H,64,65)(H,66,67)(H2,47,48,68)/t31?,34-,35?/m0/s1. The van der Waals surface area contributed by atoms with Crippen LogP contribution in [0.15, 0.2) is 36.5 Å². The van der Waals surface area contributed by atoms with Gasteiger partial charge in [-0.1, -0.05) is 24.3 Å². The number of aliphatic carboxylic acids is 5. The van der Waals surface area contributed by atoms with Gasteiger partial charge >= 0.3 is 35.9 Å². The molecule has 68 heavy (non-hydrogen) atoms. The summed E-state index contributed by atoms with van der Waals surface area (Å²) < 4.78 is 0. The first-order chi connectivity index (χ1) is 32.5. The number of hydrogen-bond acceptors (Lipinski definition) is 15. The first-order valence-electron chi connectivity index (χ1n) is 22.5. The Morgan fingerprint density at radius 1 is 0.676 bits per heavy atom. The zero-order valence-electron chi connectivity index (χ0n) is 38.1. The number of nitrogens with one attached hydrogen (secondary N) is 3. The molecule has 3 atom stereocenters. The molecular formula is C44H65N9O15. The summed E-state index contributed by atoms with van der Waals surface area (Å²) >= 11 is 0. The average Bonchev–Trinajstić information content (AvgIpc) is 3.28. The third kappa shape index (κ3) is 21.5. The molecule has 1 aliphatic rings. The highest BCUT2D eigenvalue weighted by atomic mass is 16.4. The van der Waals surface area contributed by atoms with Crippen LogP contribution >= 0.6 is 0 Å². The lowest BCUT2D eigenvalue weighted by Crippen LogP contribution is -2.51. The zero-order chi connectivity index (χ0) is 50.0. The van der Waals surface area contributed by atoms with E-state index in [2.05, 4.69) is 20.9 Å². The number of amides is 4. The fraction of sp³-hybridized carbons (Fsp3) is 0.591. The van der Waals surface area contributed by atoms with E-state index in [1.54, 1.807) is 25.8 Å². The summed E-state index contributed by atoms with van der Waals surface area (Å²) in [5.74, 6) is -7.61. The van der Waals surface area contributed by atoms with Gasteiger partial charge in [0.2, 0.25) is 11.8 Å². The Labute approximate surface area is 393 Å². The van der Waals surface area contributed by atoms with E-state index in [9.17, 15) is 73.8 Å². The monoisotopic (exact) mass is 959 g/mol. The number of carbonyl (C=O) groups is 9. The van der Waals surface area contributed by atoms with Gasteiger partial charge in [0.15, 0.2) is 0 Å². The lowest BCUT2D eigenvalue weighted by atomic mass is 10.0. The molecule has 2 unspecified atom stereocenters. The Kier molecular flexibility index (Phi) is 24.8. The van der Waals surface area contributed by atoms with Gasteiger partial charge in [0.25, 0.3) is 0 Å². The summed E-state index contributed by atoms with van der Waals surface area (Å²) in [6, 6.07) is 5.34. The molecule has 376 valence electrons. The molecule has 3 rings (SSSR count). The minimum absolute atomic E-state index is 0.0596. The number of carbonyl (C=O) groups excluding carboxylic acids is 4. The summed E-state index contributed by atoms with van der Waals surface area (Å²) in [6.45, 7) is 1.08. The zero-order valence-corrected chi connectivity index (χ0v) is 38.1. The van der Waals surface area contributed by atoms with E-state index in [1.165, 1.54) is 0 Å². The number of fused-ring (bicyclic) bond motifs is 1. The molecule has 1 aromatic carbocycles. The van der Waals surface area contributed by atoms with Crippen molar-refractivity contribution >= 4 is 64.8 Å².